The first-order chi connectivity index (χ1) is 8.49. The van der Waals surface area contributed by atoms with E-state index in [0.717, 1.165) is 29.6 Å². The number of halogens is 1. The molecule has 0 aromatic heterocycles. The second kappa shape index (κ2) is 7.37. The zero-order valence-electron chi connectivity index (χ0n) is 10.6. The van der Waals surface area contributed by atoms with Crippen LogP contribution in [0.25, 0.3) is 0 Å². The van der Waals surface area contributed by atoms with Crippen molar-refractivity contribution < 1.29 is 8.42 Å². The summed E-state index contributed by atoms with van der Waals surface area (Å²) in [7, 11) is -4.24. The number of nitrogens with zero attached hydrogens (tertiary/aromatic N) is 1. The van der Waals surface area contributed by atoms with Gasteiger partial charge in [-0.25, -0.2) is 0 Å². The molecule has 6 heteroatoms. The van der Waals surface area contributed by atoms with Gasteiger partial charge >= 0.3 is 10.0 Å². The molecule has 0 aliphatic carbocycles. The second-order valence-corrected chi connectivity index (χ2v) is 8.86. The Morgan fingerprint density at radius 3 is 2.06 bits per heavy atom. The van der Waals surface area contributed by atoms with Crippen molar-refractivity contribution in [3.8, 4) is 0 Å². The minimum atomic E-state index is -3.49. The molecule has 0 atom stereocenters. The third-order valence-electron chi connectivity index (χ3n) is 2.30. The third-order valence-corrected chi connectivity index (χ3v) is 7.41. The van der Waals surface area contributed by atoms with Gasteiger partial charge in [0, 0.05) is 8.62 Å². The lowest BCUT2D eigenvalue weighted by atomic mass is 10.4. The van der Waals surface area contributed by atoms with Crippen LogP contribution in [0, 0.1) is 0 Å². The molecular weight excluding hydrogens is 333 g/mol. The quantitative estimate of drug-likeness (QED) is 0.702. The van der Waals surface area contributed by atoms with E-state index in [2.05, 4.69) is 33.9 Å². The highest BCUT2D eigenvalue weighted by Crippen LogP contribution is 2.31. The zero-order valence-corrected chi connectivity index (χ0v) is 13.9. The number of sulfonamides is 1. The molecule has 0 N–H and O–H groups in total. The summed E-state index contributed by atoms with van der Waals surface area (Å²) in [6.45, 7) is 4.12. The highest BCUT2D eigenvalue weighted by atomic mass is 79.9. The first-order valence-corrected chi connectivity index (χ1v) is 9.88. The van der Waals surface area contributed by atoms with E-state index in [-0.39, 0.29) is 4.90 Å². The van der Waals surface area contributed by atoms with Crippen molar-refractivity contribution in [3.63, 3.8) is 0 Å². The Hall–Kier alpha value is -0.250. The van der Waals surface area contributed by atoms with Gasteiger partial charge in [0.15, 0.2) is 0 Å². The SMILES string of the molecule is CCC[P+](CCC)=NS(=O)(=O)c1ccc(Br)cc1. The van der Waals surface area contributed by atoms with Crippen LogP contribution in [-0.2, 0) is 10.0 Å². The number of benzene rings is 1. The monoisotopic (exact) mass is 350 g/mol. The van der Waals surface area contributed by atoms with E-state index in [0.29, 0.717) is 0 Å². The fraction of sp³-hybridized carbons (Fsp3) is 0.500. The normalized spacial score (nSPS) is 11.3. The van der Waals surface area contributed by atoms with E-state index < -0.39 is 17.7 Å². The summed E-state index contributed by atoms with van der Waals surface area (Å²) in [5, 5.41) is 0. The first-order valence-electron chi connectivity index (χ1n) is 5.98. The van der Waals surface area contributed by atoms with Gasteiger partial charge < -0.3 is 0 Å². The Bertz CT molecular complexity index is 503. The van der Waals surface area contributed by atoms with Crippen LogP contribution in [-0.4, -0.2) is 20.7 Å². The molecule has 0 bridgehead atoms. The Balaban J connectivity index is 3.04. The van der Waals surface area contributed by atoms with Crippen LogP contribution in [0.1, 0.15) is 26.7 Å². The molecule has 1 aromatic rings. The van der Waals surface area contributed by atoms with Gasteiger partial charge in [0.2, 0.25) is 7.71 Å². The maximum atomic E-state index is 12.1. The van der Waals surface area contributed by atoms with E-state index in [1.54, 1.807) is 24.3 Å². The summed E-state index contributed by atoms with van der Waals surface area (Å²) in [6.07, 6.45) is 3.73. The highest BCUT2D eigenvalue weighted by Gasteiger charge is 2.20. The fourth-order valence-corrected chi connectivity index (χ4v) is 5.76. The predicted molar refractivity (Wildman–Crippen MR) is 81.0 cm³/mol. The van der Waals surface area contributed by atoms with Gasteiger partial charge in [-0.1, -0.05) is 29.8 Å². The van der Waals surface area contributed by atoms with Crippen LogP contribution in [0.5, 0.6) is 0 Å². The van der Waals surface area contributed by atoms with Gasteiger partial charge in [-0.2, -0.15) is 8.42 Å². The van der Waals surface area contributed by atoms with E-state index >= 15 is 0 Å². The lowest BCUT2D eigenvalue weighted by molar-refractivity contribution is 0.598. The second-order valence-electron chi connectivity index (χ2n) is 3.96. The van der Waals surface area contributed by atoms with Crippen molar-refractivity contribution in [2.24, 2.45) is 4.15 Å². The van der Waals surface area contributed by atoms with Gasteiger partial charge in [-0.05, 0) is 37.1 Å². The smallest absolute Gasteiger partial charge is 0.196 e. The molecule has 0 radical (unpaired) electrons. The molecule has 3 nitrogen and oxygen atoms in total. The largest absolute Gasteiger partial charge is 0.316 e. The van der Waals surface area contributed by atoms with Gasteiger partial charge in [0.05, 0.1) is 4.90 Å². The molecule has 0 amide bonds. The maximum absolute atomic E-state index is 12.1. The van der Waals surface area contributed by atoms with Crippen LogP contribution >= 0.6 is 23.6 Å². The van der Waals surface area contributed by atoms with Gasteiger partial charge in [0.25, 0.3) is 0 Å². The number of hydrogen-bond donors (Lipinski definition) is 0. The molecule has 0 aliphatic rings. The fourth-order valence-electron chi connectivity index (χ4n) is 1.52. The molecule has 0 fully saturated rings. The standard InChI is InChI=1S/C12H18BrNO2PS/c1-3-9-17(10-4-2)14-18(15,16)12-7-5-11(13)6-8-12/h5-8H,3-4,9-10H2,1-2H3/q+1. The summed E-state index contributed by atoms with van der Waals surface area (Å²) in [5.41, 5.74) is 0. The number of hydrogen-bond acceptors (Lipinski definition) is 2. The van der Waals surface area contributed by atoms with Crippen LogP contribution in [0.4, 0.5) is 0 Å². The molecule has 100 valence electrons. The van der Waals surface area contributed by atoms with Crippen LogP contribution in [0.3, 0.4) is 0 Å². The number of rotatable bonds is 6. The molecule has 0 spiro atoms. The van der Waals surface area contributed by atoms with E-state index in [1.807, 2.05) is 0 Å². The molecule has 0 saturated heterocycles. The minimum Gasteiger partial charge on any atom is -0.196 e. The Kier molecular flexibility index (Phi) is 6.47. The van der Waals surface area contributed by atoms with Crippen LogP contribution < -0.4 is 0 Å². The van der Waals surface area contributed by atoms with Gasteiger partial charge in [-0.3, -0.25) is 0 Å². The van der Waals surface area contributed by atoms with Crippen molar-refractivity contribution in [1.82, 2.24) is 0 Å². The third kappa shape index (κ3) is 4.79. The highest BCUT2D eigenvalue weighted by molar-refractivity contribution is 9.10. The molecule has 0 aliphatic heterocycles. The van der Waals surface area contributed by atoms with E-state index in [4.69, 9.17) is 0 Å². The lowest BCUT2D eigenvalue weighted by Crippen LogP contribution is -1.96. The van der Waals surface area contributed by atoms with Crippen molar-refractivity contribution >= 4 is 33.7 Å². The Labute approximate surface area is 119 Å². The maximum Gasteiger partial charge on any atom is 0.316 e. The molecule has 0 saturated carbocycles. The molecule has 18 heavy (non-hydrogen) atoms. The average molecular weight is 351 g/mol. The van der Waals surface area contributed by atoms with Crippen molar-refractivity contribution in [2.75, 3.05) is 12.3 Å². The van der Waals surface area contributed by atoms with Crippen LogP contribution in [0.2, 0.25) is 0 Å². The predicted octanol–water partition coefficient (Wildman–Crippen LogP) is 4.62. The molecule has 0 unspecified atom stereocenters. The minimum absolute atomic E-state index is 0.283. The van der Waals surface area contributed by atoms with Crippen molar-refractivity contribution in [1.29, 1.82) is 0 Å². The molecular formula is C12H18BrNO2PS+. The van der Waals surface area contributed by atoms with E-state index in [9.17, 15) is 8.42 Å². The van der Waals surface area contributed by atoms with Crippen molar-refractivity contribution in [2.45, 2.75) is 31.6 Å². The first kappa shape index (κ1) is 15.8. The van der Waals surface area contributed by atoms with Crippen molar-refractivity contribution in [3.05, 3.63) is 28.7 Å². The van der Waals surface area contributed by atoms with E-state index in [1.165, 1.54) is 0 Å². The zero-order chi connectivity index (χ0) is 13.6. The van der Waals surface area contributed by atoms with Gasteiger partial charge in [-0.15, -0.1) is 0 Å². The molecule has 0 heterocycles. The summed E-state index contributed by atoms with van der Waals surface area (Å²) < 4.78 is 29.3. The summed E-state index contributed by atoms with van der Waals surface area (Å²) >= 11 is 3.29. The summed E-state index contributed by atoms with van der Waals surface area (Å²) in [5.74, 6) is 0. The summed E-state index contributed by atoms with van der Waals surface area (Å²) in [4.78, 5) is 0.283. The summed E-state index contributed by atoms with van der Waals surface area (Å²) in [6, 6.07) is 6.64. The molecule has 1 aromatic carbocycles. The average Bonchev–Trinajstić information content (AvgIpc) is 2.29. The Morgan fingerprint density at radius 1 is 1.11 bits per heavy atom. The Morgan fingerprint density at radius 2 is 1.61 bits per heavy atom. The molecule has 1 rings (SSSR count). The topological polar surface area (TPSA) is 46.5 Å². The lowest BCUT2D eigenvalue weighted by Gasteiger charge is -1.97. The van der Waals surface area contributed by atoms with Gasteiger partial charge in [0.1, 0.15) is 12.3 Å². The van der Waals surface area contributed by atoms with Crippen LogP contribution in [0.15, 0.2) is 37.8 Å².